The zero-order valence-corrected chi connectivity index (χ0v) is 8.04. The molecule has 0 aromatic rings. The lowest BCUT2D eigenvalue weighted by Crippen LogP contribution is -2.18. The average molecular weight is 214 g/mol. The highest BCUT2D eigenvalue weighted by molar-refractivity contribution is 7.85. The molecule has 0 aliphatic heterocycles. The number of rotatable bonds is 4. The molecule has 0 aliphatic rings. The minimum atomic E-state index is -3.75. The van der Waals surface area contributed by atoms with E-state index in [0.29, 0.717) is 6.54 Å². The van der Waals surface area contributed by atoms with Crippen molar-refractivity contribution in [2.45, 2.75) is 0 Å². The molecule has 0 bridgehead atoms. The van der Waals surface area contributed by atoms with E-state index in [1.165, 1.54) is 0 Å². The SMILES string of the molecule is CNCCS(=O)(=O)O.NCC(=O)O. The standard InChI is InChI=1S/C3H9NO3S.C2H5NO2/c1-4-2-3-8(5,6)7;3-1-2(4)5/h4H,2-3H2,1H3,(H,5,6,7);1,3H2,(H,4,5). The maximum Gasteiger partial charge on any atom is 0.317 e. The van der Waals surface area contributed by atoms with Gasteiger partial charge in [0.05, 0.1) is 12.3 Å². The third-order valence-corrected chi connectivity index (χ3v) is 1.50. The van der Waals surface area contributed by atoms with Gasteiger partial charge in [0.15, 0.2) is 0 Å². The largest absolute Gasteiger partial charge is 0.480 e. The summed E-state index contributed by atoms with van der Waals surface area (Å²) >= 11 is 0. The Labute approximate surface area is 76.7 Å². The normalized spacial score (nSPS) is 10.1. The molecule has 0 saturated heterocycles. The second-order valence-electron chi connectivity index (χ2n) is 1.99. The lowest BCUT2D eigenvalue weighted by Gasteiger charge is -1.92. The van der Waals surface area contributed by atoms with Gasteiger partial charge >= 0.3 is 5.97 Å². The Bertz CT molecular complexity index is 225. The summed E-state index contributed by atoms with van der Waals surface area (Å²) in [7, 11) is -2.13. The first-order valence-corrected chi connectivity index (χ1v) is 4.96. The number of carboxylic acids is 1. The summed E-state index contributed by atoms with van der Waals surface area (Å²) in [5, 5.41) is 10.2. The van der Waals surface area contributed by atoms with Crippen LogP contribution >= 0.6 is 0 Å². The van der Waals surface area contributed by atoms with Gasteiger partial charge in [-0.1, -0.05) is 0 Å². The van der Waals surface area contributed by atoms with Gasteiger partial charge in [-0.2, -0.15) is 8.42 Å². The Hall–Kier alpha value is -0.700. The van der Waals surface area contributed by atoms with Gasteiger partial charge in [-0.15, -0.1) is 0 Å². The topological polar surface area (TPSA) is 130 Å². The van der Waals surface area contributed by atoms with Crippen LogP contribution in [0.5, 0.6) is 0 Å². The van der Waals surface area contributed by atoms with Crippen molar-refractivity contribution in [3.63, 3.8) is 0 Å². The summed E-state index contributed by atoms with van der Waals surface area (Å²) < 4.78 is 27.9. The third kappa shape index (κ3) is 24.6. The fourth-order valence-electron chi connectivity index (χ4n) is 0.231. The van der Waals surface area contributed by atoms with Crippen molar-refractivity contribution >= 4 is 16.1 Å². The molecule has 0 heterocycles. The molecule has 0 aliphatic carbocycles. The predicted molar refractivity (Wildman–Crippen MR) is 47.0 cm³/mol. The predicted octanol–water partition coefficient (Wildman–Crippen LogP) is -1.88. The molecule has 8 heteroatoms. The van der Waals surface area contributed by atoms with Crippen LogP contribution in [0.15, 0.2) is 0 Å². The lowest BCUT2D eigenvalue weighted by atomic mass is 10.7. The van der Waals surface area contributed by atoms with Gasteiger partial charge in [0.2, 0.25) is 0 Å². The monoisotopic (exact) mass is 214 g/mol. The molecule has 0 fully saturated rings. The molecular weight excluding hydrogens is 200 g/mol. The van der Waals surface area contributed by atoms with Crippen LogP contribution < -0.4 is 11.1 Å². The molecule has 0 spiro atoms. The van der Waals surface area contributed by atoms with Crippen molar-refractivity contribution in [2.75, 3.05) is 25.9 Å². The summed E-state index contributed by atoms with van der Waals surface area (Å²) in [4.78, 5) is 9.24. The minimum absolute atomic E-state index is 0.219. The number of carboxylic acid groups (broad SMARTS) is 1. The third-order valence-electron chi connectivity index (χ3n) is 0.785. The van der Waals surface area contributed by atoms with Crippen LogP contribution in [0.2, 0.25) is 0 Å². The Morgan fingerprint density at radius 1 is 1.54 bits per heavy atom. The minimum Gasteiger partial charge on any atom is -0.480 e. The fraction of sp³-hybridized carbons (Fsp3) is 0.800. The van der Waals surface area contributed by atoms with Gasteiger partial charge < -0.3 is 16.2 Å². The molecule has 0 amide bonds. The molecule has 0 rings (SSSR count). The first-order valence-electron chi connectivity index (χ1n) is 3.35. The smallest absolute Gasteiger partial charge is 0.317 e. The van der Waals surface area contributed by atoms with E-state index in [1.54, 1.807) is 7.05 Å². The summed E-state index contributed by atoms with van der Waals surface area (Å²) in [6, 6.07) is 0. The molecule has 80 valence electrons. The van der Waals surface area contributed by atoms with Crippen LogP contribution in [0.3, 0.4) is 0 Å². The van der Waals surface area contributed by atoms with Crippen LogP contribution in [0.25, 0.3) is 0 Å². The van der Waals surface area contributed by atoms with Crippen molar-refractivity contribution in [1.29, 1.82) is 0 Å². The highest BCUT2D eigenvalue weighted by atomic mass is 32.2. The van der Waals surface area contributed by atoms with Crippen molar-refractivity contribution in [1.82, 2.24) is 5.32 Å². The fourth-order valence-corrected chi connectivity index (χ4v) is 0.693. The van der Waals surface area contributed by atoms with E-state index in [-0.39, 0.29) is 12.3 Å². The molecule has 7 nitrogen and oxygen atoms in total. The second kappa shape index (κ2) is 7.92. The molecule has 13 heavy (non-hydrogen) atoms. The first-order chi connectivity index (χ1) is 5.83. The summed E-state index contributed by atoms with van der Waals surface area (Å²) in [6.07, 6.45) is 0. The quantitative estimate of drug-likeness (QED) is 0.403. The maximum atomic E-state index is 9.91. The second-order valence-corrected chi connectivity index (χ2v) is 3.56. The van der Waals surface area contributed by atoms with E-state index in [9.17, 15) is 13.2 Å². The summed E-state index contributed by atoms with van der Waals surface area (Å²) in [6.45, 7) is 0.0127. The van der Waals surface area contributed by atoms with Gasteiger partial charge in [-0.25, -0.2) is 0 Å². The van der Waals surface area contributed by atoms with E-state index in [2.05, 4.69) is 11.1 Å². The zero-order chi connectivity index (χ0) is 10.9. The maximum absolute atomic E-state index is 9.91. The van der Waals surface area contributed by atoms with Crippen molar-refractivity contribution < 1.29 is 22.9 Å². The van der Waals surface area contributed by atoms with Crippen LogP contribution in [0, 0.1) is 0 Å². The van der Waals surface area contributed by atoms with Crippen LogP contribution in [-0.2, 0) is 14.9 Å². The van der Waals surface area contributed by atoms with Gasteiger partial charge in [0.1, 0.15) is 0 Å². The Balaban J connectivity index is 0. The number of nitrogens with one attached hydrogen (secondary N) is 1. The highest BCUT2D eigenvalue weighted by Gasteiger charge is 1.99. The number of nitrogens with two attached hydrogens (primary N) is 1. The van der Waals surface area contributed by atoms with Gasteiger partial charge in [-0.3, -0.25) is 9.35 Å². The number of carbonyl (C=O) groups is 1. The lowest BCUT2D eigenvalue weighted by molar-refractivity contribution is -0.135. The number of hydrogen-bond donors (Lipinski definition) is 4. The van der Waals surface area contributed by atoms with E-state index >= 15 is 0 Å². The molecule has 5 N–H and O–H groups in total. The van der Waals surface area contributed by atoms with E-state index in [0.717, 1.165) is 0 Å². The van der Waals surface area contributed by atoms with Crippen molar-refractivity contribution in [3.05, 3.63) is 0 Å². The Kier molecular flexibility index (Phi) is 9.02. The van der Waals surface area contributed by atoms with E-state index < -0.39 is 16.1 Å². The molecule has 0 saturated carbocycles. The molecule has 0 unspecified atom stereocenters. The number of hydrogen-bond acceptors (Lipinski definition) is 5. The van der Waals surface area contributed by atoms with Gasteiger partial charge in [-0.05, 0) is 7.05 Å². The first kappa shape index (κ1) is 14.8. The van der Waals surface area contributed by atoms with Gasteiger partial charge in [0.25, 0.3) is 10.1 Å². The van der Waals surface area contributed by atoms with Crippen LogP contribution in [-0.4, -0.2) is 49.9 Å². The Morgan fingerprint density at radius 2 is 1.92 bits per heavy atom. The summed E-state index contributed by atoms with van der Waals surface area (Å²) in [5.41, 5.74) is 4.57. The molecule has 0 aromatic heterocycles. The molecule has 0 radical (unpaired) electrons. The molecular formula is C5H14N2O5S. The van der Waals surface area contributed by atoms with E-state index in [1.807, 2.05) is 0 Å². The van der Waals surface area contributed by atoms with Gasteiger partial charge in [0, 0.05) is 6.54 Å². The molecule has 0 aromatic carbocycles. The Morgan fingerprint density at radius 3 is 2.00 bits per heavy atom. The molecule has 0 atom stereocenters. The van der Waals surface area contributed by atoms with Crippen LogP contribution in [0.4, 0.5) is 0 Å². The van der Waals surface area contributed by atoms with Crippen molar-refractivity contribution in [3.8, 4) is 0 Å². The highest BCUT2D eigenvalue weighted by Crippen LogP contribution is 1.76. The van der Waals surface area contributed by atoms with E-state index in [4.69, 9.17) is 9.66 Å². The summed E-state index contributed by atoms with van der Waals surface area (Å²) in [5.74, 6) is -1.19. The number of aliphatic carboxylic acids is 1. The average Bonchev–Trinajstić information content (AvgIpc) is 2.00. The van der Waals surface area contributed by atoms with Crippen molar-refractivity contribution in [2.24, 2.45) is 5.73 Å². The van der Waals surface area contributed by atoms with Crippen LogP contribution in [0.1, 0.15) is 0 Å². The zero-order valence-electron chi connectivity index (χ0n) is 7.23.